The fraction of sp³-hybridized carbons (Fsp3) is 0.714. The molecule has 5 heteroatoms. The minimum atomic E-state index is -0.697. The third-order valence-corrected chi connectivity index (χ3v) is 9.35. The molecule has 1 aromatic rings. The average molecular weight is 457 g/mol. The van der Waals surface area contributed by atoms with Crippen LogP contribution in [-0.4, -0.2) is 35.3 Å². The van der Waals surface area contributed by atoms with E-state index < -0.39 is 11.4 Å². The van der Waals surface area contributed by atoms with Crippen molar-refractivity contribution in [2.75, 3.05) is 7.11 Å². The normalized spacial score (nSPS) is 41.2. The Morgan fingerprint density at radius 3 is 2.52 bits per heavy atom. The molecule has 5 rings (SSSR count). The molecule has 0 aromatic heterocycles. The van der Waals surface area contributed by atoms with E-state index in [1.54, 1.807) is 13.2 Å². The Kier molecular flexibility index (Phi) is 4.99. The second-order valence-corrected chi connectivity index (χ2v) is 12.2. The van der Waals surface area contributed by atoms with Gasteiger partial charge in [-0.05, 0) is 82.7 Å². The van der Waals surface area contributed by atoms with Gasteiger partial charge in [-0.15, -0.1) is 0 Å². The molecule has 1 spiro atoms. The van der Waals surface area contributed by atoms with Crippen molar-refractivity contribution in [3.63, 3.8) is 0 Å². The van der Waals surface area contributed by atoms with E-state index in [0.29, 0.717) is 12.2 Å². The van der Waals surface area contributed by atoms with Crippen LogP contribution in [0.3, 0.4) is 0 Å². The number of hydrogen-bond donors (Lipinski definition) is 1. The number of fused-ring (bicyclic) bond motifs is 3. The Labute approximate surface area is 198 Å². The Morgan fingerprint density at radius 2 is 1.82 bits per heavy atom. The van der Waals surface area contributed by atoms with E-state index in [4.69, 9.17) is 18.9 Å². The molecule has 0 radical (unpaired) electrons. The predicted molar refractivity (Wildman–Crippen MR) is 127 cm³/mol. The summed E-state index contributed by atoms with van der Waals surface area (Å²) in [5.41, 5.74) is 1.17. The number of aromatic hydroxyl groups is 1. The number of phenolic OH excluding ortho intramolecular Hbond substituents is 1. The Hall–Kier alpha value is -1.72. The third kappa shape index (κ3) is 3.33. The van der Waals surface area contributed by atoms with Crippen LogP contribution in [0.5, 0.6) is 11.5 Å². The first-order valence-corrected chi connectivity index (χ1v) is 12.5. The van der Waals surface area contributed by atoms with Gasteiger partial charge >= 0.3 is 0 Å². The molecule has 1 aliphatic carbocycles. The van der Waals surface area contributed by atoms with E-state index >= 15 is 0 Å². The Bertz CT molecular complexity index is 998. The Morgan fingerprint density at radius 1 is 1.06 bits per heavy atom. The first-order chi connectivity index (χ1) is 15.3. The summed E-state index contributed by atoms with van der Waals surface area (Å²) in [6, 6.07) is 3.61. The van der Waals surface area contributed by atoms with Gasteiger partial charge in [0.15, 0.2) is 0 Å². The highest BCUT2D eigenvalue weighted by atomic mass is 16.7. The molecule has 5 nitrogen and oxygen atoms in total. The average Bonchev–Trinajstić information content (AvgIpc) is 3.16. The topological polar surface area (TPSA) is 57.2 Å². The molecule has 33 heavy (non-hydrogen) atoms. The van der Waals surface area contributed by atoms with Crippen molar-refractivity contribution in [3.05, 3.63) is 35.1 Å². The van der Waals surface area contributed by atoms with Crippen LogP contribution in [0.25, 0.3) is 0 Å². The van der Waals surface area contributed by atoms with Crippen molar-refractivity contribution >= 4 is 0 Å². The fourth-order valence-electron chi connectivity index (χ4n) is 7.16. The number of aryl methyl sites for hydroxylation is 2. The summed E-state index contributed by atoms with van der Waals surface area (Å²) in [6.07, 6.45) is 8.95. The largest absolute Gasteiger partial charge is 0.508 e. The molecule has 182 valence electrons. The van der Waals surface area contributed by atoms with Crippen LogP contribution >= 0.6 is 0 Å². The summed E-state index contributed by atoms with van der Waals surface area (Å²) in [4.78, 5) is 0. The summed E-state index contributed by atoms with van der Waals surface area (Å²) in [6.45, 7) is 13.2. The number of hydrogen-bond acceptors (Lipinski definition) is 5. The van der Waals surface area contributed by atoms with Crippen LogP contribution in [0.1, 0.15) is 84.3 Å². The van der Waals surface area contributed by atoms with E-state index in [-0.39, 0.29) is 22.5 Å². The van der Waals surface area contributed by atoms with Crippen molar-refractivity contribution in [1.82, 2.24) is 0 Å². The monoisotopic (exact) mass is 456 g/mol. The number of benzene rings is 1. The summed E-state index contributed by atoms with van der Waals surface area (Å²) < 4.78 is 26.3. The van der Waals surface area contributed by atoms with Gasteiger partial charge < -0.3 is 24.1 Å². The van der Waals surface area contributed by atoms with E-state index in [1.807, 2.05) is 13.0 Å². The van der Waals surface area contributed by atoms with E-state index in [9.17, 15) is 5.11 Å². The molecule has 0 bridgehead atoms. The molecular weight excluding hydrogens is 416 g/mol. The van der Waals surface area contributed by atoms with E-state index in [1.165, 1.54) is 6.42 Å². The molecule has 0 amide bonds. The van der Waals surface area contributed by atoms with Gasteiger partial charge in [0, 0.05) is 30.8 Å². The quantitative estimate of drug-likeness (QED) is 0.587. The lowest BCUT2D eigenvalue weighted by molar-refractivity contribution is -0.311. The molecule has 3 aliphatic heterocycles. The highest BCUT2D eigenvalue weighted by Gasteiger charge is 2.70. The molecule has 2 fully saturated rings. The van der Waals surface area contributed by atoms with Crippen molar-refractivity contribution in [2.45, 2.75) is 110 Å². The molecule has 3 heterocycles. The van der Waals surface area contributed by atoms with Gasteiger partial charge in [0.1, 0.15) is 22.9 Å². The second-order valence-electron chi connectivity index (χ2n) is 12.2. The van der Waals surface area contributed by atoms with Crippen LogP contribution in [0.15, 0.2) is 24.0 Å². The predicted octanol–water partition coefficient (Wildman–Crippen LogP) is 6.20. The first kappa shape index (κ1) is 23.0. The van der Waals surface area contributed by atoms with Crippen molar-refractivity contribution in [1.29, 1.82) is 0 Å². The maximum Gasteiger partial charge on any atom is 0.219 e. The van der Waals surface area contributed by atoms with Crippen LogP contribution < -0.4 is 4.74 Å². The zero-order chi connectivity index (χ0) is 23.9. The van der Waals surface area contributed by atoms with Gasteiger partial charge in [-0.25, -0.2) is 0 Å². The van der Waals surface area contributed by atoms with Gasteiger partial charge in [-0.1, -0.05) is 20.3 Å². The summed E-state index contributed by atoms with van der Waals surface area (Å²) in [7, 11) is 1.78. The highest BCUT2D eigenvalue weighted by Crippen LogP contribution is 2.67. The number of ether oxygens (including phenoxy) is 4. The van der Waals surface area contributed by atoms with Gasteiger partial charge in [-0.2, -0.15) is 0 Å². The van der Waals surface area contributed by atoms with E-state index in [2.05, 4.69) is 40.7 Å². The zero-order valence-corrected chi connectivity index (χ0v) is 21.3. The molecule has 1 saturated carbocycles. The maximum absolute atomic E-state index is 9.99. The van der Waals surface area contributed by atoms with Gasteiger partial charge in [0.2, 0.25) is 5.79 Å². The first-order valence-electron chi connectivity index (χ1n) is 12.5. The molecule has 1 saturated heterocycles. The van der Waals surface area contributed by atoms with Gasteiger partial charge in [0.05, 0.1) is 11.7 Å². The van der Waals surface area contributed by atoms with E-state index in [0.717, 1.165) is 54.7 Å². The van der Waals surface area contributed by atoms with Crippen LogP contribution in [-0.2, 0) is 20.6 Å². The fourth-order valence-corrected chi connectivity index (χ4v) is 7.16. The van der Waals surface area contributed by atoms with Crippen molar-refractivity contribution in [3.8, 4) is 11.5 Å². The minimum absolute atomic E-state index is 0.00390. The Balaban J connectivity index is 1.48. The lowest BCUT2D eigenvalue weighted by Crippen LogP contribution is -2.57. The number of allylic oxidation sites excluding steroid dienone is 1. The molecular formula is C28H40O5. The van der Waals surface area contributed by atoms with Crippen molar-refractivity contribution in [2.24, 2.45) is 10.8 Å². The number of methoxy groups -OCH3 is 1. The molecule has 1 aromatic carbocycles. The minimum Gasteiger partial charge on any atom is -0.508 e. The maximum atomic E-state index is 9.99. The molecule has 5 unspecified atom stereocenters. The van der Waals surface area contributed by atoms with Crippen LogP contribution in [0.4, 0.5) is 0 Å². The van der Waals surface area contributed by atoms with Crippen molar-refractivity contribution < 1.29 is 24.1 Å². The summed E-state index contributed by atoms with van der Waals surface area (Å²) >= 11 is 0. The third-order valence-electron chi connectivity index (χ3n) is 9.35. The number of rotatable bonds is 3. The van der Waals surface area contributed by atoms with Gasteiger partial charge in [0.25, 0.3) is 0 Å². The van der Waals surface area contributed by atoms with Crippen LogP contribution in [0, 0.1) is 17.8 Å². The smallest absolute Gasteiger partial charge is 0.219 e. The molecule has 4 aliphatic rings. The standard InChI is InChI=1S/C28H40O5/c1-18-13-20(29)14-19-9-12-26(5,32-23(18)19)16-21-15-25(4)10-8-11-27(25,6)28(31-21)17-22(30-7)24(2,3)33-28/h13-15,22,29H,8-12,16-17H2,1-7H3. The summed E-state index contributed by atoms with van der Waals surface area (Å²) in [5.74, 6) is 1.49. The lowest BCUT2D eigenvalue weighted by Gasteiger charge is -2.55. The lowest BCUT2D eigenvalue weighted by atomic mass is 9.60. The van der Waals surface area contributed by atoms with Gasteiger partial charge in [-0.3, -0.25) is 0 Å². The second kappa shape index (κ2) is 7.14. The van der Waals surface area contributed by atoms with Crippen LogP contribution in [0.2, 0.25) is 0 Å². The summed E-state index contributed by atoms with van der Waals surface area (Å²) in [5, 5.41) is 9.99. The molecule has 5 atom stereocenters. The molecule has 1 N–H and O–H groups in total. The number of phenols is 1. The highest BCUT2D eigenvalue weighted by molar-refractivity contribution is 5.48. The SMILES string of the molecule is COC1CC2(OC(CC3(C)CCc4cc(O)cc(C)c4O3)=CC3(C)CCCC32C)OC1(C)C. The zero-order valence-electron chi connectivity index (χ0n) is 21.3.